The van der Waals surface area contributed by atoms with E-state index in [1.54, 1.807) is 0 Å². The minimum Gasteiger partial charge on any atom is -0.462 e. The molecule has 0 aliphatic carbocycles. The van der Waals surface area contributed by atoms with Gasteiger partial charge in [0.2, 0.25) is 0 Å². The van der Waals surface area contributed by atoms with Crippen LogP contribution in [0.1, 0.15) is 36.1 Å². The molecule has 0 radical (unpaired) electrons. The van der Waals surface area contributed by atoms with Crippen LogP contribution >= 0.6 is 7.92 Å². The molecule has 0 saturated carbocycles. The number of carbonyl (C=O) groups is 1. The molecule has 2 aromatic carbocycles. The van der Waals surface area contributed by atoms with E-state index >= 15 is 0 Å². The van der Waals surface area contributed by atoms with Crippen LogP contribution in [0.25, 0.3) is 0 Å². The third kappa shape index (κ3) is 4.92. The van der Waals surface area contributed by atoms with E-state index in [0.29, 0.717) is 12.5 Å². The standard InChI is InChI=1S/C21H27O2P/c1-15(2)13-23-21(22)24(19-9-7-6-8-10-19)14-20-17(4)11-16(3)12-18(20)5/h6-12,15H,13-14H2,1-5H3. The summed E-state index contributed by atoms with van der Waals surface area (Å²) in [6.45, 7) is 11.0. The predicted octanol–water partition coefficient (Wildman–Crippen LogP) is 5.71. The van der Waals surface area contributed by atoms with Crippen LogP contribution in [0.5, 0.6) is 0 Å². The first-order valence-corrected chi connectivity index (χ1v) is 9.97. The predicted molar refractivity (Wildman–Crippen MR) is 104 cm³/mol. The maximum atomic E-state index is 12.7. The van der Waals surface area contributed by atoms with Crippen molar-refractivity contribution in [2.75, 3.05) is 6.61 Å². The van der Waals surface area contributed by atoms with Gasteiger partial charge >= 0.3 is 5.71 Å². The summed E-state index contributed by atoms with van der Waals surface area (Å²) >= 11 is 0. The van der Waals surface area contributed by atoms with Crippen molar-refractivity contribution < 1.29 is 9.53 Å². The lowest BCUT2D eigenvalue weighted by Crippen LogP contribution is -2.15. The molecule has 128 valence electrons. The highest BCUT2D eigenvalue weighted by Crippen LogP contribution is 2.42. The Balaban J connectivity index is 2.32. The zero-order chi connectivity index (χ0) is 17.7. The van der Waals surface area contributed by atoms with Crippen molar-refractivity contribution in [3.05, 3.63) is 64.7 Å². The Morgan fingerprint density at radius 1 is 1.04 bits per heavy atom. The summed E-state index contributed by atoms with van der Waals surface area (Å²) in [4.78, 5) is 12.7. The van der Waals surface area contributed by atoms with Crippen molar-refractivity contribution >= 4 is 18.9 Å². The molecule has 3 heteroatoms. The van der Waals surface area contributed by atoms with E-state index in [0.717, 1.165) is 11.5 Å². The molecular formula is C21H27O2P. The van der Waals surface area contributed by atoms with E-state index in [9.17, 15) is 4.79 Å². The fourth-order valence-electron chi connectivity index (χ4n) is 2.80. The molecule has 0 amide bonds. The summed E-state index contributed by atoms with van der Waals surface area (Å²) in [6, 6.07) is 14.5. The van der Waals surface area contributed by atoms with Gasteiger partial charge in [-0.15, -0.1) is 0 Å². The molecule has 1 atom stereocenters. The maximum absolute atomic E-state index is 12.7. The first-order valence-electron chi connectivity index (χ1n) is 8.44. The number of hydrogen-bond acceptors (Lipinski definition) is 2. The van der Waals surface area contributed by atoms with E-state index in [-0.39, 0.29) is 5.71 Å². The quantitative estimate of drug-likeness (QED) is 0.628. The third-order valence-corrected chi connectivity index (χ3v) is 6.11. The monoisotopic (exact) mass is 342 g/mol. The number of ether oxygens (including phenoxy) is 1. The Morgan fingerprint density at radius 3 is 2.17 bits per heavy atom. The van der Waals surface area contributed by atoms with Gasteiger partial charge in [-0.2, -0.15) is 0 Å². The zero-order valence-electron chi connectivity index (χ0n) is 15.3. The molecule has 0 aromatic heterocycles. The van der Waals surface area contributed by atoms with Crippen molar-refractivity contribution in [3.63, 3.8) is 0 Å². The Labute approximate surface area is 147 Å². The number of hydrogen-bond donors (Lipinski definition) is 0. The van der Waals surface area contributed by atoms with Gasteiger partial charge in [0.25, 0.3) is 0 Å². The molecule has 0 aliphatic rings. The average Bonchev–Trinajstić information content (AvgIpc) is 2.52. The van der Waals surface area contributed by atoms with E-state index in [4.69, 9.17) is 4.74 Å². The molecule has 0 saturated heterocycles. The second kappa shape index (κ2) is 8.44. The molecule has 0 spiro atoms. The van der Waals surface area contributed by atoms with Gasteiger partial charge in [-0.05, 0) is 48.7 Å². The number of benzene rings is 2. The molecule has 2 rings (SSSR count). The van der Waals surface area contributed by atoms with Crippen LogP contribution in [0, 0.1) is 26.7 Å². The highest BCUT2D eigenvalue weighted by Gasteiger charge is 2.24. The summed E-state index contributed by atoms with van der Waals surface area (Å²) in [5.74, 6) is 0.351. The van der Waals surface area contributed by atoms with Crippen molar-refractivity contribution in [1.29, 1.82) is 0 Å². The lowest BCUT2D eigenvalue weighted by molar-refractivity contribution is 0.159. The first kappa shape index (κ1) is 18.7. The second-order valence-electron chi connectivity index (χ2n) is 6.77. The van der Waals surface area contributed by atoms with Crippen LogP contribution in [-0.4, -0.2) is 12.3 Å². The van der Waals surface area contributed by atoms with Crippen LogP contribution in [0.4, 0.5) is 4.79 Å². The topological polar surface area (TPSA) is 26.3 Å². The second-order valence-corrected chi connectivity index (χ2v) is 8.82. The van der Waals surface area contributed by atoms with Crippen LogP contribution in [0.3, 0.4) is 0 Å². The number of rotatable bonds is 6. The summed E-state index contributed by atoms with van der Waals surface area (Å²) in [5.41, 5.74) is 4.99. The molecule has 0 heterocycles. The largest absolute Gasteiger partial charge is 0.462 e. The normalized spacial score (nSPS) is 12.2. The van der Waals surface area contributed by atoms with Crippen LogP contribution in [0.2, 0.25) is 0 Å². The van der Waals surface area contributed by atoms with Crippen LogP contribution < -0.4 is 5.30 Å². The molecule has 2 aromatic rings. The van der Waals surface area contributed by atoms with Crippen molar-refractivity contribution in [3.8, 4) is 0 Å². The van der Waals surface area contributed by atoms with Crippen molar-refractivity contribution in [2.24, 2.45) is 5.92 Å². The third-order valence-electron chi connectivity index (χ3n) is 3.98. The molecule has 0 aliphatic heterocycles. The van der Waals surface area contributed by atoms with Gasteiger partial charge in [0.05, 0.1) is 6.61 Å². The van der Waals surface area contributed by atoms with E-state index in [1.165, 1.54) is 22.3 Å². The fraction of sp³-hybridized carbons (Fsp3) is 0.381. The van der Waals surface area contributed by atoms with Gasteiger partial charge in [0.1, 0.15) is 0 Å². The molecule has 0 fully saturated rings. The summed E-state index contributed by atoms with van der Waals surface area (Å²) in [5, 5.41) is 1.08. The minimum absolute atomic E-state index is 0.0655. The van der Waals surface area contributed by atoms with Gasteiger partial charge in [-0.25, -0.2) is 4.79 Å². The molecule has 2 nitrogen and oxygen atoms in total. The van der Waals surface area contributed by atoms with Gasteiger partial charge in [-0.3, -0.25) is 0 Å². The van der Waals surface area contributed by atoms with Crippen molar-refractivity contribution in [2.45, 2.75) is 40.8 Å². The Hall–Kier alpha value is -1.66. The summed E-state index contributed by atoms with van der Waals surface area (Å²) in [6.07, 6.45) is 0.744. The average molecular weight is 342 g/mol. The van der Waals surface area contributed by atoms with Crippen LogP contribution in [0.15, 0.2) is 42.5 Å². The Morgan fingerprint density at radius 2 is 1.62 bits per heavy atom. The summed E-state index contributed by atoms with van der Waals surface area (Å²) in [7, 11) is -1.03. The zero-order valence-corrected chi connectivity index (χ0v) is 16.2. The smallest absolute Gasteiger partial charge is 0.331 e. The molecule has 0 bridgehead atoms. The van der Waals surface area contributed by atoms with E-state index in [1.807, 2.05) is 30.3 Å². The van der Waals surface area contributed by atoms with E-state index < -0.39 is 7.92 Å². The van der Waals surface area contributed by atoms with E-state index in [2.05, 4.69) is 46.8 Å². The first-order chi connectivity index (χ1) is 11.4. The lowest BCUT2D eigenvalue weighted by atomic mass is 10.0. The number of carbonyl (C=O) groups excluding carboxylic acids is 1. The maximum Gasteiger partial charge on any atom is 0.331 e. The molecule has 0 N–H and O–H groups in total. The Kier molecular flexibility index (Phi) is 6.57. The fourth-order valence-corrected chi connectivity index (χ4v) is 4.90. The van der Waals surface area contributed by atoms with Crippen LogP contribution in [-0.2, 0) is 10.9 Å². The SMILES string of the molecule is Cc1cc(C)c(CP(C(=O)OCC(C)C)c2ccccc2)c(C)c1. The lowest BCUT2D eigenvalue weighted by Gasteiger charge is -2.20. The summed E-state index contributed by atoms with van der Waals surface area (Å²) < 4.78 is 5.59. The highest BCUT2D eigenvalue weighted by molar-refractivity contribution is 7.80. The van der Waals surface area contributed by atoms with Crippen molar-refractivity contribution in [1.82, 2.24) is 0 Å². The molecule has 1 unspecified atom stereocenters. The minimum atomic E-state index is -1.03. The molecule has 24 heavy (non-hydrogen) atoms. The van der Waals surface area contributed by atoms with Gasteiger partial charge in [0.15, 0.2) is 0 Å². The highest BCUT2D eigenvalue weighted by atomic mass is 31.1. The molecular weight excluding hydrogens is 315 g/mol. The van der Waals surface area contributed by atoms with Gasteiger partial charge < -0.3 is 4.74 Å². The van der Waals surface area contributed by atoms with Gasteiger partial charge in [0, 0.05) is 14.1 Å². The van der Waals surface area contributed by atoms with Gasteiger partial charge in [-0.1, -0.05) is 61.9 Å². The number of aryl methyl sites for hydroxylation is 3. The Bertz CT molecular complexity index is 669.